The number of fused-ring (bicyclic) bond motifs is 8. The Morgan fingerprint density at radius 1 is 0.958 bits per heavy atom. The lowest BCUT2D eigenvalue weighted by Gasteiger charge is -2.26. The summed E-state index contributed by atoms with van der Waals surface area (Å²) < 4.78 is 1.38. The Bertz CT molecular complexity index is 2320. The van der Waals surface area contributed by atoms with Gasteiger partial charge >= 0.3 is 0 Å². The Kier molecular flexibility index (Phi) is 8.92. The number of hydrogen-bond acceptors (Lipinski definition) is 5. The van der Waals surface area contributed by atoms with Crippen LogP contribution in [0.1, 0.15) is 60.4 Å². The van der Waals surface area contributed by atoms with Crippen LogP contribution in [0.5, 0.6) is 0 Å². The Balaban J connectivity index is 1.15. The molecule has 238 valence electrons. The molecule has 0 aliphatic heterocycles. The van der Waals surface area contributed by atoms with Crippen molar-refractivity contribution >= 4 is 55.7 Å². The van der Waals surface area contributed by atoms with Gasteiger partial charge in [0, 0.05) is 56.7 Å². The van der Waals surface area contributed by atoms with E-state index >= 15 is 0 Å². The summed E-state index contributed by atoms with van der Waals surface area (Å²) in [4.78, 5) is 25.0. The van der Waals surface area contributed by atoms with Gasteiger partial charge < -0.3 is 0 Å². The number of rotatable bonds is 8. The van der Waals surface area contributed by atoms with Crippen LogP contribution in [0.15, 0.2) is 119 Å². The molecule has 1 atom stereocenters. The van der Waals surface area contributed by atoms with Crippen molar-refractivity contribution in [2.75, 3.05) is 0 Å². The van der Waals surface area contributed by atoms with E-state index in [1.165, 1.54) is 47.8 Å². The molecule has 6 heteroatoms. The van der Waals surface area contributed by atoms with Gasteiger partial charge in [-0.05, 0) is 91.8 Å². The van der Waals surface area contributed by atoms with E-state index in [2.05, 4.69) is 109 Å². The maximum atomic E-state index is 5.13. The quantitative estimate of drug-likeness (QED) is 0.0716. The molecule has 4 heterocycles. The van der Waals surface area contributed by atoms with Crippen molar-refractivity contribution in [3.63, 3.8) is 0 Å². The number of aryl methyl sites for hydroxylation is 2. The molecule has 0 N–H and O–H groups in total. The fourth-order valence-corrected chi connectivity index (χ4v) is 8.36. The third-order valence-electron chi connectivity index (χ3n) is 9.41. The van der Waals surface area contributed by atoms with Gasteiger partial charge in [-0.15, -0.1) is 11.3 Å². The second-order valence-electron chi connectivity index (χ2n) is 12.5. The monoisotopic (exact) mass is 645 g/mol. The van der Waals surface area contributed by atoms with E-state index in [-0.39, 0.29) is 5.92 Å². The van der Waals surface area contributed by atoms with Gasteiger partial charge in [-0.2, -0.15) is 0 Å². The number of thiophene rings is 1. The van der Waals surface area contributed by atoms with Gasteiger partial charge in [-0.1, -0.05) is 74.0 Å². The van der Waals surface area contributed by atoms with Gasteiger partial charge in [0.2, 0.25) is 0 Å². The minimum absolute atomic E-state index is 0.172. The molecule has 48 heavy (non-hydrogen) atoms. The van der Waals surface area contributed by atoms with Crippen molar-refractivity contribution < 1.29 is 0 Å². The molecule has 0 saturated carbocycles. The molecule has 0 fully saturated rings. The first kappa shape index (κ1) is 31.5. The molecule has 1 aliphatic rings. The zero-order chi connectivity index (χ0) is 33.2. The smallest absolute Gasteiger partial charge is 0.154 e. The Morgan fingerprint density at radius 2 is 1.75 bits per heavy atom. The zero-order valence-corrected chi connectivity index (χ0v) is 28.8. The summed E-state index contributed by atoms with van der Waals surface area (Å²) in [5.41, 5.74) is 9.96. The van der Waals surface area contributed by atoms with Gasteiger partial charge in [-0.3, -0.25) is 15.0 Å². The summed E-state index contributed by atoms with van der Waals surface area (Å²) in [6, 6.07) is 21.4. The Morgan fingerprint density at radius 3 is 2.58 bits per heavy atom. The first-order valence-corrected chi connectivity index (χ1v) is 17.5. The first-order chi connectivity index (χ1) is 23.5. The standard InChI is InChI=1S/C42H39N5S/c1-6-13-37-28(4)30-20-21-33-36(47-35-19-10-8-16-32(35)38(33)41(30)48-37)18-9-7-14-26(2)42(43-5)46-25-27(3)34-24-29-15-11-22-44-39(29)40-31(34)17-12-23-45-40/h7-12,14-17,19-23,25,34H,5-6,13,18,24H2,1-4H3/b9-7-,26-14+,27-25+,46-42+. The number of para-hydroxylation sites is 1. The SMILES string of the molecule is C=NC(=N/C=C(\C)C1Cc2cccnc2-c2ncccc21)/C(C)=C/C=C\Cc1nc2ccccc2c2c1ccc1c(C)c(CCC)sc12. The topological polar surface area (TPSA) is 63.4 Å². The maximum Gasteiger partial charge on any atom is 0.154 e. The number of nitrogens with zero attached hydrogens (tertiary/aromatic N) is 5. The highest BCUT2D eigenvalue weighted by molar-refractivity contribution is 7.20. The van der Waals surface area contributed by atoms with Gasteiger partial charge in [-0.25, -0.2) is 9.98 Å². The van der Waals surface area contributed by atoms with E-state index < -0.39 is 0 Å². The van der Waals surface area contributed by atoms with E-state index in [0.717, 1.165) is 59.4 Å². The molecule has 1 aliphatic carbocycles. The minimum Gasteiger partial charge on any atom is -0.254 e. The van der Waals surface area contributed by atoms with Crippen LogP contribution in [0.25, 0.3) is 43.1 Å². The third-order valence-corrected chi connectivity index (χ3v) is 10.8. The number of benzene rings is 2. The van der Waals surface area contributed by atoms with Crippen LogP contribution in [0.4, 0.5) is 0 Å². The van der Waals surface area contributed by atoms with E-state index in [0.29, 0.717) is 5.84 Å². The Hall–Kier alpha value is -5.07. The first-order valence-electron chi connectivity index (χ1n) is 16.6. The molecule has 0 amide bonds. The molecule has 0 saturated heterocycles. The molecule has 0 bridgehead atoms. The fourth-order valence-electron chi connectivity index (χ4n) is 6.89. The van der Waals surface area contributed by atoms with Crippen molar-refractivity contribution in [3.8, 4) is 11.4 Å². The fraction of sp³-hybridized carbons (Fsp3) is 0.214. The molecule has 1 unspecified atom stereocenters. The third kappa shape index (κ3) is 5.82. The van der Waals surface area contributed by atoms with Crippen LogP contribution in [-0.4, -0.2) is 27.5 Å². The van der Waals surface area contributed by atoms with Crippen LogP contribution in [-0.2, 0) is 19.3 Å². The number of pyridine rings is 3. The number of allylic oxidation sites excluding steroid dienone is 4. The highest BCUT2D eigenvalue weighted by Crippen LogP contribution is 2.42. The van der Waals surface area contributed by atoms with Crippen molar-refractivity contribution in [2.45, 2.75) is 59.3 Å². The van der Waals surface area contributed by atoms with Gasteiger partial charge in [0.25, 0.3) is 0 Å². The predicted molar refractivity (Wildman–Crippen MR) is 205 cm³/mol. The molecule has 0 radical (unpaired) electrons. The lowest BCUT2D eigenvalue weighted by molar-refractivity contribution is 0.760. The van der Waals surface area contributed by atoms with E-state index in [1.807, 2.05) is 49.0 Å². The lowest BCUT2D eigenvalue weighted by Crippen LogP contribution is -2.14. The Labute approximate surface area is 286 Å². The summed E-state index contributed by atoms with van der Waals surface area (Å²) in [6.07, 6.45) is 15.8. The molecule has 5 nitrogen and oxygen atoms in total. The molecular formula is C42H39N5S. The van der Waals surface area contributed by atoms with Gasteiger partial charge in [0.1, 0.15) is 0 Å². The average Bonchev–Trinajstić information content (AvgIpc) is 3.44. The number of aromatic nitrogens is 3. The minimum atomic E-state index is 0.172. The lowest BCUT2D eigenvalue weighted by atomic mass is 9.80. The second-order valence-corrected chi connectivity index (χ2v) is 13.6. The average molecular weight is 646 g/mol. The van der Waals surface area contributed by atoms with Crippen molar-refractivity contribution in [2.24, 2.45) is 9.98 Å². The van der Waals surface area contributed by atoms with E-state index in [1.54, 1.807) is 0 Å². The molecule has 6 aromatic rings. The number of amidine groups is 1. The summed E-state index contributed by atoms with van der Waals surface area (Å²) >= 11 is 1.95. The van der Waals surface area contributed by atoms with E-state index in [9.17, 15) is 0 Å². The molecule has 0 spiro atoms. The molecule has 2 aromatic carbocycles. The molecule has 7 rings (SSSR count). The van der Waals surface area contributed by atoms with Crippen LogP contribution < -0.4 is 0 Å². The summed E-state index contributed by atoms with van der Waals surface area (Å²) in [7, 11) is 0. The highest BCUT2D eigenvalue weighted by atomic mass is 32.1. The predicted octanol–water partition coefficient (Wildman–Crippen LogP) is 10.7. The number of hydrogen-bond donors (Lipinski definition) is 0. The summed E-state index contributed by atoms with van der Waals surface area (Å²) in [6.45, 7) is 12.5. The largest absolute Gasteiger partial charge is 0.254 e. The van der Waals surface area contributed by atoms with Crippen LogP contribution in [0.3, 0.4) is 0 Å². The summed E-state index contributed by atoms with van der Waals surface area (Å²) in [5.74, 6) is 0.780. The maximum absolute atomic E-state index is 5.13. The van der Waals surface area contributed by atoms with Crippen LogP contribution in [0, 0.1) is 6.92 Å². The molecular weight excluding hydrogens is 607 g/mol. The van der Waals surface area contributed by atoms with Gasteiger partial charge in [0.05, 0.1) is 22.6 Å². The van der Waals surface area contributed by atoms with Gasteiger partial charge in [0.15, 0.2) is 5.84 Å². The van der Waals surface area contributed by atoms with E-state index in [4.69, 9.17) is 9.98 Å². The number of aliphatic imine (C=N–C) groups is 2. The van der Waals surface area contributed by atoms with Crippen molar-refractivity contribution in [3.05, 3.63) is 136 Å². The highest BCUT2D eigenvalue weighted by Gasteiger charge is 2.27. The van der Waals surface area contributed by atoms with Crippen molar-refractivity contribution in [1.82, 2.24) is 15.0 Å². The normalized spacial score (nSPS) is 15.4. The van der Waals surface area contributed by atoms with Crippen LogP contribution >= 0.6 is 11.3 Å². The zero-order valence-electron chi connectivity index (χ0n) is 28.0. The summed E-state index contributed by atoms with van der Waals surface area (Å²) in [5, 5.41) is 5.14. The molecule has 4 aromatic heterocycles. The second kappa shape index (κ2) is 13.6. The van der Waals surface area contributed by atoms with Crippen LogP contribution in [0.2, 0.25) is 0 Å². The van der Waals surface area contributed by atoms with Crippen molar-refractivity contribution in [1.29, 1.82) is 0 Å².